The number of carbonyl (C=O) groups is 1. The standard InChI is InChI=1S/C20H27N3O3S2/c1-14-5-7-16(8-6-14)27-12-19(24)21-18-11-17(20(2,3)4)22-23(18)15-9-10-28(25,26)13-15/h5-8,11,15H,9-10,12-13H2,1-4H3,(H,21,24). The molecule has 0 spiro atoms. The Morgan fingerprint density at radius 2 is 1.96 bits per heavy atom. The fourth-order valence-electron chi connectivity index (χ4n) is 3.06. The first-order chi connectivity index (χ1) is 13.0. The Kier molecular flexibility index (Phi) is 5.91. The molecule has 0 bridgehead atoms. The average Bonchev–Trinajstić information content (AvgIpc) is 3.17. The van der Waals surface area contributed by atoms with Crippen LogP contribution in [0.4, 0.5) is 5.82 Å². The molecule has 1 fully saturated rings. The maximum Gasteiger partial charge on any atom is 0.235 e. The number of hydrogen-bond acceptors (Lipinski definition) is 5. The summed E-state index contributed by atoms with van der Waals surface area (Å²) in [6.45, 7) is 8.16. The Balaban J connectivity index is 1.75. The lowest BCUT2D eigenvalue weighted by Gasteiger charge is -2.15. The Labute approximate surface area is 171 Å². The summed E-state index contributed by atoms with van der Waals surface area (Å²) in [7, 11) is -3.04. The minimum absolute atomic E-state index is 0.0687. The fourth-order valence-corrected chi connectivity index (χ4v) is 5.45. The minimum atomic E-state index is -3.04. The van der Waals surface area contributed by atoms with Crippen molar-refractivity contribution >= 4 is 33.3 Å². The van der Waals surface area contributed by atoms with Gasteiger partial charge in [0.2, 0.25) is 5.91 Å². The van der Waals surface area contributed by atoms with Gasteiger partial charge in [0.1, 0.15) is 5.82 Å². The van der Waals surface area contributed by atoms with Crippen LogP contribution in [0.2, 0.25) is 0 Å². The predicted molar refractivity (Wildman–Crippen MR) is 114 cm³/mol. The maximum absolute atomic E-state index is 12.5. The Bertz CT molecular complexity index is 958. The summed E-state index contributed by atoms with van der Waals surface area (Å²) in [4.78, 5) is 13.5. The number of amides is 1. The zero-order chi connectivity index (χ0) is 20.5. The van der Waals surface area contributed by atoms with Crippen LogP contribution in [0.1, 0.15) is 44.5 Å². The molecule has 1 N–H and O–H groups in total. The first-order valence-corrected chi connectivity index (χ1v) is 12.1. The second-order valence-corrected chi connectivity index (χ2v) is 11.6. The number of anilines is 1. The van der Waals surface area contributed by atoms with E-state index in [1.54, 1.807) is 4.68 Å². The van der Waals surface area contributed by atoms with Gasteiger partial charge >= 0.3 is 0 Å². The molecule has 1 aliphatic heterocycles. The Morgan fingerprint density at radius 1 is 1.29 bits per heavy atom. The summed E-state index contributed by atoms with van der Waals surface area (Å²) < 4.78 is 25.5. The van der Waals surface area contributed by atoms with E-state index in [4.69, 9.17) is 0 Å². The van der Waals surface area contributed by atoms with Crippen LogP contribution >= 0.6 is 11.8 Å². The van der Waals surface area contributed by atoms with E-state index in [1.807, 2.05) is 58.0 Å². The molecule has 3 rings (SSSR count). The van der Waals surface area contributed by atoms with Crippen molar-refractivity contribution in [2.75, 3.05) is 22.6 Å². The van der Waals surface area contributed by atoms with Crippen LogP contribution in [-0.2, 0) is 20.0 Å². The highest BCUT2D eigenvalue weighted by Gasteiger charge is 2.32. The number of nitrogens with zero attached hydrogens (tertiary/aromatic N) is 2. The first kappa shape index (κ1) is 20.9. The van der Waals surface area contributed by atoms with E-state index in [0.717, 1.165) is 10.6 Å². The summed E-state index contributed by atoms with van der Waals surface area (Å²) in [5.74, 6) is 0.954. The van der Waals surface area contributed by atoms with E-state index in [0.29, 0.717) is 12.2 Å². The molecular formula is C20H27N3O3S2. The summed E-state index contributed by atoms with van der Waals surface area (Å²) in [5, 5.41) is 7.58. The third-order valence-electron chi connectivity index (χ3n) is 4.72. The molecule has 1 aliphatic rings. The van der Waals surface area contributed by atoms with E-state index in [1.165, 1.54) is 17.3 Å². The second kappa shape index (κ2) is 7.91. The lowest BCUT2D eigenvalue weighted by Crippen LogP contribution is -2.21. The van der Waals surface area contributed by atoms with Crippen LogP contribution in [0.5, 0.6) is 0 Å². The van der Waals surface area contributed by atoms with E-state index >= 15 is 0 Å². The molecule has 2 heterocycles. The number of aryl methyl sites for hydroxylation is 1. The zero-order valence-electron chi connectivity index (χ0n) is 16.7. The number of nitrogens with one attached hydrogen (secondary N) is 1. The molecule has 2 aromatic rings. The second-order valence-electron chi connectivity index (χ2n) is 8.32. The fraction of sp³-hybridized carbons (Fsp3) is 0.500. The molecule has 1 aromatic carbocycles. The van der Waals surface area contributed by atoms with Crippen LogP contribution < -0.4 is 5.32 Å². The van der Waals surface area contributed by atoms with Gasteiger partial charge in [0.15, 0.2) is 9.84 Å². The minimum Gasteiger partial charge on any atom is -0.310 e. The summed E-state index contributed by atoms with van der Waals surface area (Å²) in [6, 6.07) is 9.66. The van der Waals surface area contributed by atoms with Crippen molar-refractivity contribution in [2.45, 2.75) is 50.5 Å². The lowest BCUT2D eigenvalue weighted by atomic mass is 9.92. The van der Waals surface area contributed by atoms with Crippen LogP contribution in [0.15, 0.2) is 35.2 Å². The van der Waals surface area contributed by atoms with Crippen molar-refractivity contribution in [3.8, 4) is 0 Å². The number of rotatable bonds is 5. The van der Waals surface area contributed by atoms with Gasteiger partial charge in [-0.2, -0.15) is 5.10 Å². The average molecular weight is 422 g/mol. The number of aromatic nitrogens is 2. The third kappa shape index (κ3) is 5.17. The van der Waals surface area contributed by atoms with Crippen LogP contribution in [0.3, 0.4) is 0 Å². The molecule has 1 saturated heterocycles. The quantitative estimate of drug-likeness (QED) is 0.747. The van der Waals surface area contributed by atoms with Crippen molar-refractivity contribution in [1.82, 2.24) is 9.78 Å². The number of hydrogen-bond donors (Lipinski definition) is 1. The zero-order valence-corrected chi connectivity index (χ0v) is 18.4. The molecule has 1 atom stereocenters. The number of sulfone groups is 1. The van der Waals surface area contributed by atoms with Crippen molar-refractivity contribution in [2.24, 2.45) is 0 Å². The van der Waals surface area contributed by atoms with E-state index in [9.17, 15) is 13.2 Å². The number of benzene rings is 1. The van der Waals surface area contributed by atoms with Gasteiger partial charge in [0.25, 0.3) is 0 Å². The Morgan fingerprint density at radius 3 is 2.54 bits per heavy atom. The normalized spacial score (nSPS) is 18.9. The third-order valence-corrected chi connectivity index (χ3v) is 7.48. The molecule has 1 unspecified atom stereocenters. The molecule has 0 radical (unpaired) electrons. The molecule has 8 heteroatoms. The van der Waals surface area contributed by atoms with Crippen molar-refractivity contribution < 1.29 is 13.2 Å². The maximum atomic E-state index is 12.5. The van der Waals surface area contributed by atoms with Gasteiger partial charge in [-0.15, -0.1) is 11.8 Å². The highest BCUT2D eigenvalue weighted by Crippen LogP contribution is 2.31. The van der Waals surface area contributed by atoms with Gasteiger partial charge in [-0.25, -0.2) is 13.1 Å². The molecule has 1 amide bonds. The predicted octanol–water partition coefficient (Wildman–Crippen LogP) is 3.58. The van der Waals surface area contributed by atoms with E-state index in [-0.39, 0.29) is 34.6 Å². The molecule has 0 aliphatic carbocycles. The van der Waals surface area contributed by atoms with Crippen molar-refractivity contribution in [3.63, 3.8) is 0 Å². The van der Waals surface area contributed by atoms with E-state index < -0.39 is 9.84 Å². The molecule has 28 heavy (non-hydrogen) atoms. The van der Waals surface area contributed by atoms with Gasteiger partial charge in [0, 0.05) is 16.4 Å². The van der Waals surface area contributed by atoms with E-state index in [2.05, 4.69) is 10.4 Å². The van der Waals surface area contributed by atoms with Crippen LogP contribution in [0.25, 0.3) is 0 Å². The molecule has 152 valence electrons. The van der Waals surface area contributed by atoms with Gasteiger partial charge in [-0.05, 0) is 25.5 Å². The highest BCUT2D eigenvalue weighted by molar-refractivity contribution is 8.00. The van der Waals surface area contributed by atoms with Gasteiger partial charge in [0.05, 0.1) is 29.0 Å². The van der Waals surface area contributed by atoms with Gasteiger partial charge in [-0.1, -0.05) is 38.5 Å². The molecule has 0 saturated carbocycles. The SMILES string of the molecule is Cc1ccc(SCC(=O)Nc2cc(C(C)(C)C)nn2C2CCS(=O)(=O)C2)cc1. The summed E-state index contributed by atoms with van der Waals surface area (Å²) in [5.41, 5.74) is 1.82. The molecule has 6 nitrogen and oxygen atoms in total. The van der Waals surface area contributed by atoms with Crippen LogP contribution in [-0.4, -0.2) is 41.4 Å². The topological polar surface area (TPSA) is 81.1 Å². The Hall–Kier alpha value is -1.80. The molecule has 1 aromatic heterocycles. The number of thioether (sulfide) groups is 1. The first-order valence-electron chi connectivity index (χ1n) is 9.33. The number of carbonyl (C=O) groups excluding carboxylic acids is 1. The summed E-state index contributed by atoms with van der Waals surface area (Å²) in [6.07, 6.45) is 0.522. The monoisotopic (exact) mass is 421 g/mol. The molecular weight excluding hydrogens is 394 g/mol. The van der Waals surface area contributed by atoms with Crippen molar-refractivity contribution in [1.29, 1.82) is 0 Å². The highest BCUT2D eigenvalue weighted by atomic mass is 32.2. The van der Waals surface area contributed by atoms with Crippen LogP contribution in [0, 0.1) is 6.92 Å². The lowest BCUT2D eigenvalue weighted by molar-refractivity contribution is -0.113. The van der Waals surface area contributed by atoms with Crippen molar-refractivity contribution in [3.05, 3.63) is 41.6 Å². The summed E-state index contributed by atoms with van der Waals surface area (Å²) >= 11 is 1.47. The van der Waals surface area contributed by atoms with Gasteiger partial charge in [-0.3, -0.25) is 4.79 Å². The smallest absolute Gasteiger partial charge is 0.235 e. The van der Waals surface area contributed by atoms with Gasteiger partial charge < -0.3 is 5.32 Å². The largest absolute Gasteiger partial charge is 0.310 e.